The van der Waals surface area contributed by atoms with Crippen LogP contribution < -0.4 is 5.32 Å². The van der Waals surface area contributed by atoms with E-state index in [4.69, 9.17) is 0 Å². The summed E-state index contributed by atoms with van der Waals surface area (Å²) in [6.45, 7) is 0.557. The molecule has 3 aromatic rings. The Hall–Kier alpha value is -2.35. The third kappa shape index (κ3) is 3.28. The predicted molar refractivity (Wildman–Crippen MR) is 79.6 cm³/mol. The zero-order valence-corrected chi connectivity index (χ0v) is 12.6. The number of aryl methyl sites for hydroxylation is 1. The molecule has 0 aliphatic rings. The maximum Gasteiger partial charge on any atom is 0.183 e. The van der Waals surface area contributed by atoms with E-state index in [9.17, 15) is 8.78 Å². The molecule has 3 rings (SSSR count). The molecule has 1 N–H and O–H groups in total. The molecule has 0 fully saturated rings. The number of anilines is 1. The van der Waals surface area contributed by atoms with Gasteiger partial charge in [0.05, 0.1) is 18.4 Å². The molecule has 1 aromatic carbocycles. The zero-order chi connectivity index (χ0) is 15.5. The summed E-state index contributed by atoms with van der Waals surface area (Å²) in [4.78, 5) is 5.15. The number of hydrogen-bond acceptors (Lipinski definition) is 5. The second-order valence-corrected chi connectivity index (χ2v) is 5.86. The summed E-state index contributed by atoms with van der Waals surface area (Å²) in [5.41, 5.74) is 1.38. The van der Waals surface area contributed by atoms with Crippen molar-refractivity contribution in [1.82, 2.24) is 20.0 Å². The fraction of sp³-hybridized carbons (Fsp3) is 0.214. The number of aromatic nitrogens is 4. The van der Waals surface area contributed by atoms with Gasteiger partial charge in [-0.15, -0.1) is 16.4 Å². The third-order valence-corrected chi connectivity index (χ3v) is 4.12. The summed E-state index contributed by atoms with van der Waals surface area (Å²) in [6, 6.07) is 3.61. The van der Waals surface area contributed by atoms with Crippen molar-refractivity contribution in [1.29, 1.82) is 0 Å². The molecule has 8 heteroatoms. The Morgan fingerprint density at radius 2 is 2.14 bits per heavy atom. The van der Waals surface area contributed by atoms with E-state index in [0.717, 1.165) is 21.8 Å². The van der Waals surface area contributed by atoms with Gasteiger partial charge in [-0.25, -0.2) is 13.8 Å². The fourth-order valence-corrected chi connectivity index (χ4v) is 2.79. The molecule has 5 nitrogen and oxygen atoms in total. The Bertz CT molecular complexity index is 783. The van der Waals surface area contributed by atoms with Gasteiger partial charge >= 0.3 is 0 Å². The monoisotopic (exact) mass is 321 g/mol. The molecule has 0 radical (unpaired) electrons. The lowest BCUT2D eigenvalue weighted by Gasteiger charge is -2.02. The average Bonchev–Trinajstić information content (AvgIpc) is 3.09. The van der Waals surface area contributed by atoms with E-state index in [1.54, 1.807) is 17.1 Å². The highest BCUT2D eigenvalue weighted by atomic mass is 32.1. The van der Waals surface area contributed by atoms with Gasteiger partial charge in [0.2, 0.25) is 0 Å². The topological polar surface area (TPSA) is 55.6 Å². The first-order valence-electron chi connectivity index (χ1n) is 6.58. The summed E-state index contributed by atoms with van der Waals surface area (Å²) < 4.78 is 28.2. The van der Waals surface area contributed by atoms with Crippen molar-refractivity contribution in [2.45, 2.75) is 13.0 Å². The molecule has 0 aliphatic heterocycles. The summed E-state index contributed by atoms with van der Waals surface area (Å²) in [5, 5.41) is 11.5. The van der Waals surface area contributed by atoms with Crippen molar-refractivity contribution in [3.05, 3.63) is 58.4 Å². The van der Waals surface area contributed by atoms with E-state index in [1.807, 2.05) is 7.05 Å². The van der Waals surface area contributed by atoms with Crippen LogP contribution in [0.2, 0.25) is 0 Å². The molecule has 0 saturated carbocycles. The summed E-state index contributed by atoms with van der Waals surface area (Å²) in [7, 11) is 1.81. The Kier molecular flexibility index (Phi) is 4.10. The smallest absolute Gasteiger partial charge is 0.183 e. The summed E-state index contributed by atoms with van der Waals surface area (Å²) in [6.07, 6.45) is 3.76. The van der Waals surface area contributed by atoms with Gasteiger partial charge in [-0.2, -0.15) is 0 Å². The van der Waals surface area contributed by atoms with E-state index in [2.05, 4.69) is 20.6 Å². The van der Waals surface area contributed by atoms with Crippen LogP contribution in [-0.2, 0) is 20.0 Å². The number of halogens is 2. The SMILES string of the molecule is Cn1nncc1CNc1ncc(Cc2ccc(F)cc2F)s1. The number of thiazole rings is 1. The van der Waals surface area contributed by atoms with Crippen LogP contribution in [0.5, 0.6) is 0 Å². The van der Waals surface area contributed by atoms with Crippen LogP contribution in [0.3, 0.4) is 0 Å². The molecule has 114 valence electrons. The number of nitrogens with zero attached hydrogens (tertiary/aromatic N) is 4. The highest BCUT2D eigenvalue weighted by molar-refractivity contribution is 7.15. The van der Waals surface area contributed by atoms with Gasteiger partial charge in [-0.1, -0.05) is 11.3 Å². The second-order valence-electron chi connectivity index (χ2n) is 4.75. The lowest BCUT2D eigenvalue weighted by atomic mass is 10.1. The van der Waals surface area contributed by atoms with Gasteiger partial charge in [0.1, 0.15) is 11.6 Å². The maximum atomic E-state index is 13.6. The molecule has 0 aliphatic carbocycles. The molecular formula is C14H13F2N5S. The lowest BCUT2D eigenvalue weighted by molar-refractivity contribution is 0.575. The molecule has 0 unspecified atom stereocenters. The van der Waals surface area contributed by atoms with Crippen LogP contribution in [0.15, 0.2) is 30.6 Å². The molecule has 0 atom stereocenters. The van der Waals surface area contributed by atoms with Gasteiger partial charge < -0.3 is 5.32 Å². The molecular weight excluding hydrogens is 308 g/mol. The minimum absolute atomic E-state index is 0.388. The second kappa shape index (κ2) is 6.18. The van der Waals surface area contributed by atoms with Gasteiger partial charge in [0, 0.05) is 30.6 Å². The molecule has 2 heterocycles. The van der Waals surface area contributed by atoms with Crippen LogP contribution in [0.1, 0.15) is 16.1 Å². The fourth-order valence-electron chi connectivity index (χ4n) is 1.96. The molecule has 0 bridgehead atoms. The summed E-state index contributed by atoms with van der Waals surface area (Å²) >= 11 is 1.44. The van der Waals surface area contributed by atoms with Gasteiger partial charge in [-0.05, 0) is 11.6 Å². The van der Waals surface area contributed by atoms with E-state index in [-0.39, 0.29) is 0 Å². The Morgan fingerprint density at radius 1 is 1.27 bits per heavy atom. The third-order valence-electron chi connectivity index (χ3n) is 3.16. The molecule has 22 heavy (non-hydrogen) atoms. The molecule has 0 amide bonds. The number of nitrogens with one attached hydrogen (secondary N) is 1. The first kappa shape index (κ1) is 14.6. The standard InChI is InChI=1S/C14H13F2N5S/c1-21-11(7-19-20-21)6-17-14-18-8-12(22-14)4-9-2-3-10(15)5-13(9)16/h2-3,5,7-8H,4,6H2,1H3,(H,17,18). The highest BCUT2D eigenvalue weighted by Gasteiger charge is 2.08. The van der Waals surface area contributed by atoms with Crippen molar-refractivity contribution in [3.63, 3.8) is 0 Å². The minimum Gasteiger partial charge on any atom is -0.356 e. The maximum absolute atomic E-state index is 13.6. The minimum atomic E-state index is -0.572. The van der Waals surface area contributed by atoms with Crippen molar-refractivity contribution >= 4 is 16.5 Å². The number of rotatable bonds is 5. The first-order valence-corrected chi connectivity index (χ1v) is 7.39. The van der Waals surface area contributed by atoms with Crippen molar-refractivity contribution in [2.75, 3.05) is 5.32 Å². The van der Waals surface area contributed by atoms with Gasteiger partial charge in [-0.3, -0.25) is 4.68 Å². The highest BCUT2D eigenvalue weighted by Crippen LogP contribution is 2.23. The quantitative estimate of drug-likeness (QED) is 0.785. The van der Waals surface area contributed by atoms with Crippen molar-refractivity contribution in [2.24, 2.45) is 7.05 Å². The van der Waals surface area contributed by atoms with Gasteiger partial charge in [0.15, 0.2) is 5.13 Å². The van der Waals surface area contributed by atoms with Crippen LogP contribution in [-0.4, -0.2) is 20.0 Å². The van der Waals surface area contributed by atoms with E-state index >= 15 is 0 Å². The van der Waals surface area contributed by atoms with E-state index < -0.39 is 11.6 Å². The Morgan fingerprint density at radius 3 is 2.86 bits per heavy atom. The first-order chi connectivity index (χ1) is 10.6. The normalized spacial score (nSPS) is 10.9. The van der Waals surface area contributed by atoms with Crippen LogP contribution in [0.25, 0.3) is 0 Å². The van der Waals surface area contributed by atoms with Gasteiger partial charge in [0.25, 0.3) is 0 Å². The largest absolute Gasteiger partial charge is 0.356 e. The van der Waals surface area contributed by atoms with E-state index in [0.29, 0.717) is 18.5 Å². The predicted octanol–water partition coefficient (Wildman–Crippen LogP) is 2.75. The summed E-state index contributed by atoms with van der Waals surface area (Å²) in [5.74, 6) is -1.11. The van der Waals surface area contributed by atoms with Crippen molar-refractivity contribution < 1.29 is 8.78 Å². The molecule has 0 saturated heterocycles. The lowest BCUT2D eigenvalue weighted by Crippen LogP contribution is -2.04. The molecule has 0 spiro atoms. The Balaban J connectivity index is 1.65. The van der Waals surface area contributed by atoms with Crippen LogP contribution in [0, 0.1) is 11.6 Å². The van der Waals surface area contributed by atoms with Crippen LogP contribution in [0.4, 0.5) is 13.9 Å². The van der Waals surface area contributed by atoms with E-state index in [1.165, 1.54) is 23.5 Å². The van der Waals surface area contributed by atoms with Crippen molar-refractivity contribution in [3.8, 4) is 0 Å². The van der Waals surface area contributed by atoms with Crippen LogP contribution >= 0.6 is 11.3 Å². The Labute approximate surface area is 129 Å². The molecule has 2 aromatic heterocycles. The average molecular weight is 321 g/mol. The number of benzene rings is 1. The zero-order valence-electron chi connectivity index (χ0n) is 11.8. The number of hydrogen-bond donors (Lipinski definition) is 1.